The van der Waals surface area contributed by atoms with Gasteiger partial charge in [0.15, 0.2) is 0 Å². The molecule has 5 nitrogen and oxygen atoms in total. The molecule has 3 N–H and O–H groups in total. The monoisotopic (exact) mass is 236 g/mol. The minimum Gasteiger partial charge on any atom is -0.368 e. The summed E-state index contributed by atoms with van der Waals surface area (Å²) >= 11 is 1.69. The number of rotatable bonds is 5. The number of nitrogens with zero attached hydrogens (tertiary/aromatic N) is 2. The van der Waals surface area contributed by atoms with Crippen molar-refractivity contribution in [2.45, 2.75) is 13.1 Å². The first-order valence-electron chi connectivity index (χ1n) is 4.82. The second kappa shape index (κ2) is 4.80. The molecule has 0 bridgehead atoms. The van der Waals surface area contributed by atoms with Gasteiger partial charge in [-0.3, -0.25) is 9.48 Å². The Labute approximate surface area is 96.9 Å². The molecular formula is C10H12N4OS. The van der Waals surface area contributed by atoms with Crippen molar-refractivity contribution in [3.8, 4) is 0 Å². The maximum absolute atomic E-state index is 10.7. The molecule has 0 radical (unpaired) electrons. The lowest BCUT2D eigenvalue weighted by atomic mass is 10.4. The number of hydrogen-bond acceptors (Lipinski definition) is 4. The van der Waals surface area contributed by atoms with Crippen molar-refractivity contribution in [2.75, 3.05) is 5.32 Å². The molecule has 84 valence electrons. The van der Waals surface area contributed by atoms with Crippen LogP contribution in [0, 0.1) is 0 Å². The molecule has 0 fully saturated rings. The second-order valence-electron chi connectivity index (χ2n) is 3.30. The fourth-order valence-corrected chi connectivity index (χ4v) is 1.94. The molecule has 0 spiro atoms. The molecule has 2 aromatic rings. The fraction of sp³-hybridized carbons (Fsp3) is 0.200. The van der Waals surface area contributed by atoms with E-state index in [0.29, 0.717) is 0 Å². The molecule has 1 amide bonds. The smallest absolute Gasteiger partial charge is 0.239 e. The molecule has 0 aliphatic carbocycles. The summed E-state index contributed by atoms with van der Waals surface area (Å²) in [6.07, 6.45) is 1.72. The van der Waals surface area contributed by atoms with Crippen molar-refractivity contribution >= 4 is 23.1 Å². The van der Waals surface area contributed by atoms with Gasteiger partial charge in [0, 0.05) is 17.1 Å². The number of amides is 1. The van der Waals surface area contributed by atoms with Crippen LogP contribution in [0.15, 0.2) is 29.8 Å². The van der Waals surface area contributed by atoms with Gasteiger partial charge in [-0.1, -0.05) is 6.07 Å². The quantitative estimate of drug-likeness (QED) is 0.814. The number of carbonyl (C=O) groups excluding carboxylic acids is 1. The number of hydrogen-bond donors (Lipinski definition) is 2. The zero-order chi connectivity index (χ0) is 11.4. The van der Waals surface area contributed by atoms with Crippen molar-refractivity contribution in [3.63, 3.8) is 0 Å². The molecule has 0 aliphatic heterocycles. The molecule has 0 saturated heterocycles. The summed E-state index contributed by atoms with van der Waals surface area (Å²) < 4.78 is 1.51. The SMILES string of the molecule is NC(=O)Cn1ccc(NCc2cccs2)n1. The lowest BCUT2D eigenvalue weighted by Gasteiger charge is -2.00. The van der Waals surface area contributed by atoms with E-state index < -0.39 is 5.91 Å². The van der Waals surface area contributed by atoms with Crippen molar-refractivity contribution < 1.29 is 4.79 Å². The van der Waals surface area contributed by atoms with Gasteiger partial charge in [0.25, 0.3) is 0 Å². The number of carbonyl (C=O) groups is 1. The predicted octanol–water partition coefficient (Wildman–Crippen LogP) is 1.04. The standard InChI is InChI=1S/C10H12N4OS/c11-9(15)7-14-4-3-10(13-14)12-6-8-2-1-5-16-8/h1-5H,6-7H2,(H2,11,15)(H,12,13). The van der Waals surface area contributed by atoms with E-state index in [9.17, 15) is 4.79 Å². The highest BCUT2D eigenvalue weighted by Crippen LogP contribution is 2.11. The van der Waals surface area contributed by atoms with E-state index in [1.54, 1.807) is 17.5 Å². The van der Waals surface area contributed by atoms with E-state index in [-0.39, 0.29) is 6.54 Å². The summed E-state index contributed by atoms with van der Waals surface area (Å²) in [7, 11) is 0. The third kappa shape index (κ3) is 2.83. The third-order valence-corrected chi connectivity index (χ3v) is 2.86. The Morgan fingerprint density at radius 2 is 2.44 bits per heavy atom. The normalized spacial score (nSPS) is 10.2. The van der Waals surface area contributed by atoms with E-state index in [1.807, 2.05) is 17.5 Å². The van der Waals surface area contributed by atoms with Crippen LogP contribution in [0.5, 0.6) is 0 Å². The van der Waals surface area contributed by atoms with E-state index in [4.69, 9.17) is 5.73 Å². The molecule has 0 aromatic carbocycles. The number of anilines is 1. The Balaban J connectivity index is 1.90. The topological polar surface area (TPSA) is 72.9 Å². The summed E-state index contributed by atoms with van der Waals surface area (Å²) in [4.78, 5) is 11.9. The van der Waals surface area contributed by atoms with Gasteiger partial charge in [-0.25, -0.2) is 0 Å². The lowest BCUT2D eigenvalue weighted by Crippen LogP contribution is -2.19. The van der Waals surface area contributed by atoms with Crippen LogP contribution in [0.4, 0.5) is 5.82 Å². The summed E-state index contributed by atoms with van der Waals surface area (Å²) in [6.45, 7) is 0.853. The Morgan fingerprint density at radius 1 is 1.56 bits per heavy atom. The van der Waals surface area contributed by atoms with Crippen LogP contribution in [0.25, 0.3) is 0 Å². The molecule has 16 heavy (non-hydrogen) atoms. The van der Waals surface area contributed by atoms with E-state index >= 15 is 0 Å². The molecule has 0 unspecified atom stereocenters. The average Bonchev–Trinajstić information content (AvgIpc) is 2.84. The highest BCUT2D eigenvalue weighted by atomic mass is 32.1. The van der Waals surface area contributed by atoms with Gasteiger partial charge in [-0.05, 0) is 11.4 Å². The Morgan fingerprint density at radius 3 is 3.12 bits per heavy atom. The number of primary amides is 1. The highest BCUT2D eigenvalue weighted by Gasteiger charge is 2.01. The third-order valence-electron chi connectivity index (χ3n) is 1.98. The van der Waals surface area contributed by atoms with Crippen molar-refractivity contribution in [1.82, 2.24) is 9.78 Å². The minimum absolute atomic E-state index is 0.112. The molecular weight excluding hydrogens is 224 g/mol. The average molecular weight is 236 g/mol. The summed E-state index contributed by atoms with van der Waals surface area (Å²) in [5.41, 5.74) is 5.07. The molecule has 0 atom stereocenters. The maximum Gasteiger partial charge on any atom is 0.239 e. The molecule has 2 rings (SSSR count). The van der Waals surface area contributed by atoms with Gasteiger partial charge in [-0.2, -0.15) is 5.10 Å². The largest absolute Gasteiger partial charge is 0.368 e. The summed E-state index contributed by atoms with van der Waals surface area (Å²) in [5.74, 6) is 0.350. The van der Waals surface area contributed by atoms with Crippen molar-refractivity contribution in [1.29, 1.82) is 0 Å². The lowest BCUT2D eigenvalue weighted by molar-refractivity contribution is -0.118. The van der Waals surface area contributed by atoms with E-state index in [1.165, 1.54) is 9.56 Å². The van der Waals surface area contributed by atoms with Gasteiger partial charge in [0.2, 0.25) is 5.91 Å². The van der Waals surface area contributed by atoms with Crippen LogP contribution in [-0.4, -0.2) is 15.7 Å². The second-order valence-corrected chi connectivity index (χ2v) is 4.33. The predicted molar refractivity (Wildman–Crippen MR) is 63.1 cm³/mol. The van der Waals surface area contributed by atoms with Gasteiger partial charge in [0.1, 0.15) is 12.4 Å². The van der Waals surface area contributed by atoms with Gasteiger partial charge in [0.05, 0.1) is 6.54 Å². The number of thiophene rings is 1. The van der Waals surface area contributed by atoms with Gasteiger partial charge < -0.3 is 11.1 Å². The number of nitrogens with one attached hydrogen (secondary N) is 1. The maximum atomic E-state index is 10.7. The van der Waals surface area contributed by atoms with Gasteiger partial charge in [-0.15, -0.1) is 11.3 Å². The van der Waals surface area contributed by atoms with Crippen LogP contribution >= 0.6 is 11.3 Å². The van der Waals surface area contributed by atoms with E-state index in [0.717, 1.165) is 12.4 Å². The zero-order valence-corrected chi connectivity index (χ0v) is 9.41. The zero-order valence-electron chi connectivity index (χ0n) is 8.59. The first-order valence-corrected chi connectivity index (χ1v) is 5.70. The highest BCUT2D eigenvalue weighted by molar-refractivity contribution is 7.09. The summed E-state index contributed by atoms with van der Waals surface area (Å²) in [5, 5.41) is 9.36. The van der Waals surface area contributed by atoms with E-state index in [2.05, 4.69) is 16.5 Å². The molecule has 0 aliphatic rings. The van der Waals surface area contributed by atoms with Crippen LogP contribution in [0.3, 0.4) is 0 Å². The number of aromatic nitrogens is 2. The van der Waals surface area contributed by atoms with Crippen molar-refractivity contribution in [2.24, 2.45) is 5.73 Å². The first kappa shape index (κ1) is 10.7. The fourth-order valence-electron chi connectivity index (χ4n) is 1.29. The Hall–Kier alpha value is -1.82. The summed E-state index contributed by atoms with van der Waals surface area (Å²) in [6, 6.07) is 5.88. The van der Waals surface area contributed by atoms with Crippen LogP contribution < -0.4 is 11.1 Å². The van der Waals surface area contributed by atoms with Crippen LogP contribution in [0.1, 0.15) is 4.88 Å². The first-order chi connectivity index (χ1) is 7.74. The number of nitrogens with two attached hydrogens (primary N) is 1. The molecule has 2 aromatic heterocycles. The van der Waals surface area contributed by atoms with Crippen molar-refractivity contribution in [3.05, 3.63) is 34.7 Å². The van der Waals surface area contributed by atoms with Gasteiger partial charge >= 0.3 is 0 Å². The Bertz CT molecular complexity index is 463. The molecule has 6 heteroatoms. The van der Waals surface area contributed by atoms with Crippen LogP contribution in [-0.2, 0) is 17.9 Å². The molecule has 0 saturated carbocycles. The minimum atomic E-state index is -0.395. The Kier molecular flexibility index (Phi) is 3.21. The van der Waals surface area contributed by atoms with Crippen LogP contribution in [0.2, 0.25) is 0 Å². The molecule has 2 heterocycles.